The third-order valence-corrected chi connectivity index (χ3v) is 3.34. The first-order valence-corrected chi connectivity index (χ1v) is 6.68. The van der Waals surface area contributed by atoms with Crippen molar-refractivity contribution in [1.82, 2.24) is 4.90 Å². The Morgan fingerprint density at radius 2 is 1.68 bits per heavy atom. The summed E-state index contributed by atoms with van der Waals surface area (Å²) in [7, 11) is 0. The number of carboxylic acids is 1. The molecule has 0 aromatic rings. The molecule has 0 bridgehead atoms. The number of carbonyl (C=O) groups is 3. The van der Waals surface area contributed by atoms with E-state index in [1.807, 2.05) is 0 Å². The van der Waals surface area contributed by atoms with Gasteiger partial charge in [0.25, 0.3) is 11.8 Å². The molecule has 1 heterocycles. The number of aliphatic carboxylic acids is 1. The van der Waals surface area contributed by atoms with Gasteiger partial charge in [-0.25, -0.2) is 4.79 Å². The fourth-order valence-corrected chi connectivity index (χ4v) is 1.81. The third kappa shape index (κ3) is 5.84. The Labute approximate surface area is 124 Å². The number of nitrogens with zero attached hydrogens (tertiary/aromatic N) is 1. The van der Waals surface area contributed by atoms with Gasteiger partial charge in [-0.05, 0) is 32.1 Å². The van der Waals surface area contributed by atoms with Crippen LogP contribution in [0.4, 0.5) is 13.2 Å². The topological polar surface area (TPSA) is 101 Å². The summed E-state index contributed by atoms with van der Waals surface area (Å²) in [6.45, 7) is 0.529. The van der Waals surface area contributed by atoms with Crippen LogP contribution >= 0.6 is 0 Å². The highest BCUT2D eigenvalue weighted by atomic mass is 19.4. The maximum atomic E-state index is 11.2. The zero-order valence-electron chi connectivity index (χ0n) is 11.7. The van der Waals surface area contributed by atoms with Crippen molar-refractivity contribution < 1.29 is 32.7 Å². The number of hydrogen-bond acceptors (Lipinski definition) is 4. The minimum absolute atomic E-state index is 0.0806. The van der Waals surface area contributed by atoms with E-state index in [0.717, 1.165) is 32.1 Å². The number of nitrogens with two attached hydrogens (primary N) is 1. The van der Waals surface area contributed by atoms with Crippen LogP contribution in [0.15, 0.2) is 12.2 Å². The van der Waals surface area contributed by atoms with Crippen molar-refractivity contribution in [3.8, 4) is 0 Å². The van der Waals surface area contributed by atoms with Crippen LogP contribution in [0.5, 0.6) is 0 Å². The highest BCUT2D eigenvalue weighted by Crippen LogP contribution is 2.36. The molecular formula is C13H17F3N2O4. The molecule has 0 spiro atoms. The van der Waals surface area contributed by atoms with Gasteiger partial charge in [0, 0.05) is 24.2 Å². The first-order valence-electron chi connectivity index (χ1n) is 6.68. The number of carboxylic acid groups (broad SMARTS) is 1. The molecule has 6 nitrogen and oxygen atoms in total. The van der Waals surface area contributed by atoms with E-state index in [0.29, 0.717) is 6.54 Å². The van der Waals surface area contributed by atoms with E-state index in [2.05, 4.69) is 0 Å². The summed E-state index contributed by atoms with van der Waals surface area (Å²) < 4.78 is 31.7. The van der Waals surface area contributed by atoms with Crippen LogP contribution < -0.4 is 5.73 Å². The second-order valence-electron chi connectivity index (χ2n) is 5.28. The van der Waals surface area contributed by atoms with Gasteiger partial charge in [-0.1, -0.05) is 0 Å². The van der Waals surface area contributed by atoms with E-state index in [9.17, 15) is 22.8 Å². The molecule has 0 aromatic heterocycles. The summed E-state index contributed by atoms with van der Waals surface area (Å²) in [4.78, 5) is 32.5. The van der Waals surface area contributed by atoms with Gasteiger partial charge in [-0.2, -0.15) is 13.2 Å². The van der Waals surface area contributed by atoms with Crippen molar-refractivity contribution in [2.45, 2.75) is 43.8 Å². The third-order valence-electron chi connectivity index (χ3n) is 3.34. The Kier molecular flexibility index (Phi) is 5.70. The number of amides is 2. The van der Waals surface area contributed by atoms with Gasteiger partial charge in [-0.15, -0.1) is 0 Å². The van der Waals surface area contributed by atoms with Crippen molar-refractivity contribution in [2.75, 3.05) is 6.54 Å². The summed E-state index contributed by atoms with van der Waals surface area (Å²) in [6, 6.07) is 0. The summed E-state index contributed by atoms with van der Waals surface area (Å²) in [6.07, 6.45) is 2.68. The van der Waals surface area contributed by atoms with E-state index in [4.69, 9.17) is 15.6 Å². The van der Waals surface area contributed by atoms with Crippen LogP contribution in [0.3, 0.4) is 0 Å². The number of hydrogen-bond donors (Lipinski definition) is 2. The van der Waals surface area contributed by atoms with Crippen LogP contribution in [-0.2, 0) is 14.4 Å². The Hall–Kier alpha value is -1.90. The molecule has 2 rings (SSSR count). The maximum Gasteiger partial charge on any atom is 0.490 e. The Morgan fingerprint density at radius 1 is 1.23 bits per heavy atom. The van der Waals surface area contributed by atoms with Crippen molar-refractivity contribution >= 4 is 17.8 Å². The SMILES string of the molecule is NC1(CCCCN2C(=O)C=CC2=O)CC1.O=C(O)C(F)(F)F. The standard InChI is InChI=1S/C11H16N2O2.C2HF3O2/c12-11(6-7-11)5-1-2-8-13-9(14)3-4-10(13)15;3-2(4,5)1(6)7/h3-4H,1-2,5-8,12H2;(H,6,7). The number of alkyl halides is 3. The van der Waals surface area contributed by atoms with Crippen LogP contribution in [-0.4, -0.2) is 46.1 Å². The lowest BCUT2D eigenvalue weighted by atomic mass is 10.1. The van der Waals surface area contributed by atoms with Gasteiger partial charge in [-0.3, -0.25) is 14.5 Å². The zero-order valence-corrected chi connectivity index (χ0v) is 11.7. The molecule has 0 radical (unpaired) electrons. The number of carbonyl (C=O) groups excluding carboxylic acids is 2. The highest BCUT2D eigenvalue weighted by Gasteiger charge is 2.38. The molecular weight excluding hydrogens is 305 g/mol. The molecule has 3 N–H and O–H groups in total. The second kappa shape index (κ2) is 6.91. The Morgan fingerprint density at radius 3 is 2.05 bits per heavy atom. The molecule has 0 aromatic carbocycles. The van der Waals surface area contributed by atoms with E-state index >= 15 is 0 Å². The minimum Gasteiger partial charge on any atom is -0.475 e. The molecule has 22 heavy (non-hydrogen) atoms. The van der Waals surface area contributed by atoms with E-state index in [-0.39, 0.29) is 17.4 Å². The number of halogens is 3. The van der Waals surface area contributed by atoms with Gasteiger partial charge < -0.3 is 10.8 Å². The molecule has 124 valence electrons. The normalized spacial score (nSPS) is 19.0. The monoisotopic (exact) mass is 322 g/mol. The largest absolute Gasteiger partial charge is 0.490 e. The van der Waals surface area contributed by atoms with E-state index in [1.165, 1.54) is 17.1 Å². The van der Waals surface area contributed by atoms with Crippen LogP contribution in [0.1, 0.15) is 32.1 Å². The predicted molar refractivity (Wildman–Crippen MR) is 69.6 cm³/mol. The molecule has 9 heteroatoms. The maximum absolute atomic E-state index is 11.2. The molecule has 1 aliphatic heterocycles. The Bertz CT molecular complexity index is 466. The molecule has 2 amide bonds. The fraction of sp³-hybridized carbons (Fsp3) is 0.615. The fourth-order valence-electron chi connectivity index (χ4n) is 1.81. The minimum atomic E-state index is -5.08. The molecule has 0 unspecified atom stereocenters. The van der Waals surface area contributed by atoms with Crippen LogP contribution in [0.2, 0.25) is 0 Å². The predicted octanol–water partition coefficient (Wildman–Crippen LogP) is 1.21. The molecule has 1 saturated carbocycles. The molecule has 0 saturated heterocycles. The number of imide groups is 1. The quantitative estimate of drug-likeness (QED) is 0.585. The number of rotatable bonds is 5. The van der Waals surface area contributed by atoms with Gasteiger partial charge in [0.05, 0.1) is 0 Å². The van der Waals surface area contributed by atoms with Gasteiger partial charge in [0.1, 0.15) is 0 Å². The lowest BCUT2D eigenvalue weighted by molar-refractivity contribution is -0.192. The molecule has 1 fully saturated rings. The lowest BCUT2D eigenvalue weighted by Gasteiger charge is -2.14. The van der Waals surface area contributed by atoms with Crippen molar-refractivity contribution in [2.24, 2.45) is 5.73 Å². The van der Waals surface area contributed by atoms with Crippen LogP contribution in [0.25, 0.3) is 0 Å². The van der Waals surface area contributed by atoms with Crippen molar-refractivity contribution in [3.05, 3.63) is 12.2 Å². The molecule has 2 aliphatic rings. The van der Waals surface area contributed by atoms with Gasteiger partial charge in [0.15, 0.2) is 0 Å². The number of unbranched alkanes of at least 4 members (excludes halogenated alkanes) is 1. The average Bonchev–Trinajstić information content (AvgIpc) is 3.05. The Balaban J connectivity index is 0.000000295. The smallest absolute Gasteiger partial charge is 0.475 e. The van der Waals surface area contributed by atoms with E-state index < -0.39 is 12.1 Å². The average molecular weight is 322 g/mol. The summed E-state index contributed by atoms with van der Waals surface area (Å²) in [5.74, 6) is -3.13. The highest BCUT2D eigenvalue weighted by molar-refractivity contribution is 6.12. The molecule has 0 atom stereocenters. The van der Waals surface area contributed by atoms with Gasteiger partial charge in [0.2, 0.25) is 0 Å². The van der Waals surface area contributed by atoms with Gasteiger partial charge >= 0.3 is 12.1 Å². The zero-order chi connectivity index (χ0) is 17.0. The second-order valence-corrected chi connectivity index (χ2v) is 5.28. The summed E-state index contributed by atoms with van der Waals surface area (Å²) >= 11 is 0. The first kappa shape index (κ1) is 18.1. The summed E-state index contributed by atoms with van der Waals surface area (Å²) in [5, 5.41) is 7.12. The van der Waals surface area contributed by atoms with E-state index in [1.54, 1.807) is 0 Å². The molecule has 1 aliphatic carbocycles. The van der Waals surface area contributed by atoms with Crippen LogP contribution in [0, 0.1) is 0 Å². The van der Waals surface area contributed by atoms with Crippen molar-refractivity contribution in [1.29, 1.82) is 0 Å². The van der Waals surface area contributed by atoms with Crippen molar-refractivity contribution in [3.63, 3.8) is 0 Å². The lowest BCUT2D eigenvalue weighted by Crippen LogP contribution is -2.31. The first-order chi connectivity index (χ1) is 10.1. The summed E-state index contributed by atoms with van der Waals surface area (Å²) in [5.41, 5.74) is 6.02.